The molecule has 9 nitrogen and oxygen atoms in total. The van der Waals surface area contributed by atoms with Gasteiger partial charge in [-0.3, -0.25) is 19.2 Å². The topological polar surface area (TPSA) is 114 Å². The summed E-state index contributed by atoms with van der Waals surface area (Å²) in [5, 5.41) is 0. The maximum atomic E-state index is 11.4. The maximum absolute atomic E-state index is 11.4. The third-order valence-corrected chi connectivity index (χ3v) is 2.92. The van der Waals surface area contributed by atoms with E-state index in [4.69, 9.17) is 23.7 Å². The Morgan fingerprint density at radius 3 is 1.48 bits per heavy atom. The molecule has 0 aromatic heterocycles. The quantitative estimate of drug-likeness (QED) is 0.521. The zero-order valence-corrected chi connectivity index (χ0v) is 13.6. The van der Waals surface area contributed by atoms with Gasteiger partial charge in [-0.25, -0.2) is 0 Å². The molecule has 1 rings (SSSR count). The molecule has 0 radical (unpaired) electrons. The Balaban J connectivity index is 3.15. The van der Waals surface area contributed by atoms with E-state index in [0.717, 1.165) is 20.8 Å². The van der Waals surface area contributed by atoms with E-state index < -0.39 is 54.6 Å². The Kier molecular flexibility index (Phi) is 6.49. The van der Waals surface area contributed by atoms with E-state index in [-0.39, 0.29) is 0 Å². The van der Waals surface area contributed by atoms with Crippen molar-refractivity contribution in [1.29, 1.82) is 0 Å². The molecule has 1 aliphatic rings. The molecular weight excluding hydrogens is 312 g/mol. The van der Waals surface area contributed by atoms with Crippen LogP contribution in [0.5, 0.6) is 0 Å². The van der Waals surface area contributed by atoms with Gasteiger partial charge in [-0.2, -0.15) is 0 Å². The first-order valence-corrected chi connectivity index (χ1v) is 6.96. The molecule has 5 atom stereocenters. The van der Waals surface area contributed by atoms with Crippen LogP contribution < -0.4 is 0 Å². The molecule has 0 N–H and O–H groups in total. The van der Waals surface area contributed by atoms with Gasteiger partial charge in [0.15, 0.2) is 12.2 Å². The molecule has 1 saturated heterocycles. The van der Waals surface area contributed by atoms with Gasteiger partial charge in [-0.05, 0) is 6.92 Å². The fourth-order valence-electron chi connectivity index (χ4n) is 2.23. The highest BCUT2D eigenvalue weighted by molar-refractivity contribution is 5.69. The number of rotatable bonds is 4. The number of ether oxygens (including phenoxy) is 5. The molecule has 0 saturated carbocycles. The number of hydrogen-bond donors (Lipinski definition) is 0. The number of hydrogen-bond acceptors (Lipinski definition) is 9. The first-order valence-electron chi connectivity index (χ1n) is 6.96. The molecule has 1 aliphatic heterocycles. The van der Waals surface area contributed by atoms with Gasteiger partial charge in [0, 0.05) is 27.7 Å². The molecule has 23 heavy (non-hydrogen) atoms. The molecule has 0 aromatic rings. The van der Waals surface area contributed by atoms with Crippen LogP contribution in [0.1, 0.15) is 34.6 Å². The van der Waals surface area contributed by atoms with Gasteiger partial charge in [0.2, 0.25) is 12.4 Å². The van der Waals surface area contributed by atoms with E-state index in [1.807, 2.05) is 0 Å². The average molecular weight is 332 g/mol. The van der Waals surface area contributed by atoms with Crippen LogP contribution in [-0.4, -0.2) is 54.6 Å². The molecule has 1 fully saturated rings. The van der Waals surface area contributed by atoms with Gasteiger partial charge in [0.25, 0.3) is 0 Å². The first-order chi connectivity index (χ1) is 10.6. The second kappa shape index (κ2) is 7.91. The van der Waals surface area contributed by atoms with Crippen molar-refractivity contribution < 1.29 is 42.9 Å². The lowest BCUT2D eigenvalue weighted by molar-refractivity contribution is -0.292. The molecule has 9 heteroatoms. The van der Waals surface area contributed by atoms with Crippen molar-refractivity contribution in [2.24, 2.45) is 0 Å². The monoisotopic (exact) mass is 332 g/mol. The standard InChI is InChI=1S/C14H20O9/c1-6-11(20-7(2)15)12(21-8(3)16)13(22-9(4)17)14(19-6)23-10(5)18/h6,11-14H,1-5H3/t6-,11-,12+,13+,14?/m0/s1. The van der Waals surface area contributed by atoms with Crippen LogP contribution in [0.25, 0.3) is 0 Å². The van der Waals surface area contributed by atoms with Crippen molar-refractivity contribution in [3.05, 3.63) is 0 Å². The molecule has 1 heterocycles. The zero-order valence-electron chi connectivity index (χ0n) is 13.6. The molecule has 0 spiro atoms. The van der Waals surface area contributed by atoms with Crippen molar-refractivity contribution in [1.82, 2.24) is 0 Å². The summed E-state index contributed by atoms with van der Waals surface area (Å²) >= 11 is 0. The SMILES string of the molecule is CC(=O)OC1O[C@@H](C)[C@H](OC(C)=O)[C@@H](OC(C)=O)[C@H]1OC(C)=O. The summed E-state index contributed by atoms with van der Waals surface area (Å²) in [7, 11) is 0. The van der Waals surface area contributed by atoms with Crippen molar-refractivity contribution in [3.63, 3.8) is 0 Å². The van der Waals surface area contributed by atoms with Crippen LogP contribution in [0.15, 0.2) is 0 Å². The smallest absolute Gasteiger partial charge is 0.305 e. The van der Waals surface area contributed by atoms with Gasteiger partial charge in [0.1, 0.15) is 0 Å². The second-order valence-electron chi connectivity index (χ2n) is 5.04. The lowest BCUT2D eigenvalue weighted by atomic mass is 9.99. The highest BCUT2D eigenvalue weighted by Crippen LogP contribution is 2.29. The molecule has 130 valence electrons. The fraction of sp³-hybridized carbons (Fsp3) is 0.714. The third kappa shape index (κ3) is 5.51. The highest BCUT2D eigenvalue weighted by Gasteiger charge is 2.51. The molecule has 0 aromatic carbocycles. The van der Waals surface area contributed by atoms with Gasteiger partial charge in [0.05, 0.1) is 6.10 Å². The summed E-state index contributed by atoms with van der Waals surface area (Å²) in [5.74, 6) is -2.69. The van der Waals surface area contributed by atoms with E-state index in [0.29, 0.717) is 0 Å². The van der Waals surface area contributed by atoms with Crippen LogP contribution in [0, 0.1) is 0 Å². The number of carbonyl (C=O) groups is 4. The normalized spacial score (nSPS) is 30.0. The van der Waals surface area contributed by atoms with Crippen molar-refractivity contribution in [2.75, 3.05) is 0 Å². The van der Waals surface area contributed by atoms with E-state index in [9.17, 15) is 19.2 Å². The lowest BCUT2D eigenvalue weighted by Crippen LogP contribution is -2.61. The van der Waals surface area contributed by atoms with E-state index in [1.165, 1.54) is 6.92 Å². The van der Waals surface area contributed by atoms with Crippen LogP contribution in [0.2, 0.25) is 0 Å². The minimum absolute atomic E-state index is 0.630. The predicted molar refractivity (Wildman–Crippen MR) is 72.8 cm³/mol. The summed E-state index contributed by atoms with van der Waals surface area (Å²) in [4.78, 5) is 45.1. The summed E-state index contributed by atoms with van der Waals surface area (Å²) in [5.41, 5.74) is 0. The molecule has 0 aliphatic carbocycles. The first kappa shape index (κ1) is 18.9. The van der Waals surface area contributed by atoms with Gasteiger partial charge >= 0.3 is 23.9 Å². The Morgan fingerprint density at radius 2 is 1.04 bits per heavy atom. The minimum Gasteiger partial charge on any atom is -0.456 e. The van der Waals surface area contributed by atoms with Crippen molar-refractivity contribution >= 4 is 23.9 Å². The van der Waals surface area contributed by atoms with Crippen LogP contribution in [0.4, 0.5) is 0 Å². The van der Waals surface area contributed by atoms with E-state index >= 15 is 0 Å². The van der Waals surface area contributed by atoms with E-state index in [1.54, 1.807) is 6.92 Å². The predicted octanol–water partition coefficient (Wildman–Crippen LogP) is 0.0894. The van der Waals surface area contributed by atoms with Gasteiger partial charge < -0.3 is 23.7 Å². The molecular formula is C14H20O9. The number of esters is 4. The van der Waals surface area contributed by atoms with E-state index in [2.05, 4.69) is 0 Å². The molecule has 0 bridgehead atoms. The Labute approximate surface area is 133 Å². The third-order valence-electron chi connectivity index (χ3n) is 2.92. The summed E-state index contributed by atoms with van der Waals surface area (Å²) in [6.07, 6.45) is -5.51. The minimum atomic E-state index is -1.29. The Bertz CT molecular complexity index is 487. The van der Waals surface area contributed by atoms with Crippen LogP contribution in [0.3, 0.4) is 0 Å². The summed E-state index contributed by atoms with van der Waals surface area (Å²) in [6.45, 7) is 6.16. The van der Waals surface area contributed by atoms with Crippen molar-refractivity contribution in [2.45, 2.75) is 65.3 Å². The molecule has 0 amide bonds. The highest BCUT2D eigenvalue weighted by atomic mass is 16.7. The second-order valence-corrected chi connectivity index (χ2v) is 5.04. The lowest BCUT2D eigenvalue weighted by Gasteiger charge is -2.42. The van der Waals surface area contributed by atoms with Crippen LogP contribution in [-0.2, 0) is 42.9 Å². The average Bonchev–Trinajstić information content (AvgIpc) is 2.36. The largest absolute Gasteiger partial charge is 0.456 e. The number of carbonyl (C=O) groups excluding carboxylic acids is 4. The summed E-state index contributed by atoms with van der Waals surface area (Å²) < 4.78 is 25.7. The Morgan fingerprint density at radius 1 is 0.652 bits per heavy atom. The van der Waals surface area contributed by atoms with Gasteiger partial charge in [-0.15, -0.1) is 0 Å². The molecule has 1 unspecified atom stereocenters. The van der Waals surface area contributed by atoms with Gasteiger partial charge in [-0.1, -0.05) is 0 Å². The fourth-order valence-corrected chi connectivity index (χ4v) is 2.23. The zero-order chi connectivity index (χ0) is 17.7. The summed E-state index contributed by atoms with van der Waals surface area (Å²) in [6, 6.07) is 0. The van der Waals surface area contributed by atoms with Crippen molar-refractivity contribution in [3.8, 4) is 0 Å². The van der Waals surface area contributed by atoms with Crippen LogP contribution >= 0.6 is 0 Å². The Hall–Kier alpha value is -2.16. The maximum Gasteiger partial charge on any atom is 0.305 e.